The molecule has 2 aromatic carbocycles. The van der Waals surface area contributed by atoms with E-state index >= 15 is 0 Å². The largest absolute Gasteiger partial charge is 0.486 e. The van der Waals surface area contributed by atoms with Gasteiger partial charge in [-0.3, -0.25) is 0 Å². The molecule has 1 unspecified atom stereocenters. The molecule has 2 aliphatic rings. The number of carbonyl (C=O) groups excluding carboxylic acids is 1. The van der Waals surface area contributed by atoms with Crippen molar-refractivity contribution in [2.24, 2.45) is 0 Å². The number of fused-ring (bicyclic) bond motifs is 2. The summed E-state index contributed by atoms with van der Waals surface area (Å²) in [5.74, 6) is 2.65. The number of hydrogen-bond acceptors (Lipinski definition) is 5. The van der Waals surface area contributed by atoms with Gasteiger partial charge in [0.05, 0.1) is 11.1 Å². The topological polar surface area (TPSA) is 78.1 Å². The van der Waals surface area contributed by atoms with E-state index in [2.05, 4.69) is 10.6 Å². The number of rotatable bonds is 5. The molecule has 28 heavy (non-hydrogen) atoms. The number of halogens is 1. The third kappa shape index (κ3) is 4.04. The van der Waals surface area contributed by atoms with Crippen molar-refractivity contribution in [3.05, 3.63) is 46.5 Å². The van der Waals surface area contributed by atoms with Gasteiger partial charge in [0.1, 0.15) is 13.2 Å². The van der Waals surface area contributed by atoms with Gasteiger partial charge in [0, 0.05) is 6.54 Å². The molecule has 0 aromatic heterocycles. The van der Waals surface area contributed by atoms with Gasteiger partial charge in [0.15, 0.2) is 23.0 Å². The van der Waals surface area contributed by atoms with Gasteiger partial charge in [0.25, 0.3) is 0 Å². The molecule has 2 aromatic rings. The Morgan fingerprint density at radius 1 is 1.07 bits per heavy atom. The van der Waals surface area contributed by atoms with E-state index in [1.807, 2.05) is 37.3 Å². The standard InChI is InChI=1S/C20H21ClN2O5/c1-12(14-2-3-16-17(10-14)28-11-27-16)23-20(24)22-5-4-13-8-15(21)19-18(9-13)25-6-7-26-19/h2-3,8-10,12H,4-7,11H2,1H3,(H2,22,23,24). The number of nitrogens with one attached hydrogen (secondary N) is 2. The first kappa shape index (κ1) is 18.6. The van der Waals surface area contributed by atoms with Crippen LogP contribution in [0.4, 0.5) is 4.79 Å². The van der Waals surface area contributed by atoms with Crippen LogP contribution >= 0.6 is 11.6 Å². The Balaban J connectivity index is 1.28. The van der Waals surface area contributed by atoms with Crippen LogP contribution in [0, 0.1) is 0 Å². The van der Waals surface area contributed by atoms with Crippen molar-refractivity contribution in [2.45, 2.75) is 19.4 Å². The van der Waals surface area contributed by atoms with Gasteiger partial charge in [0.2, 0.25) is 6.79 Å². The summed E-state index contributed by atoms with van der Waals surface area (Å²) >= 11 is 6.24. The van der Waals surface area contributed by atoms with Crippen molar-refractivity contribution >= 4 is 17.6 Å². The summed E-state index contributed by atoms with van der Waals surface area (Å²) in [6.07, 6.45) is 0.627. The van der Waals surface area contributed by atoms with Crippen LogP contribution in [0.3, 0.4) is 0 Å². The molecular formula is C20H21ClN2O5. The summed E-state index contributed by atoms with van der Waals surface area (Å²) in [6, 6.07) is 8.96. The Bertz CT molecular complexity index is 889. The molecule has 4 rings (SSSR count). The Hall–Kier alpha value is -2.80. The molecule has 2 N–H and O–H groups in total. The van der Waals surface area contributed by atoms with Gasteiger partial charge in [-0.25, -0.2) is 4.79 Å². The minimum absolute atomic E-state index is 0.168. The van der Waals surface area contributed by atoms with Crippen LogP contribution in [0.2, 0.25) is 5.02 Å². The Labute approximate surface area is 167 Å². The van der Waals surface area contributed by atoms with Crippen LogP contribution in [0.15, 0.2) is 30.3 Å². The summed E-state index contributed by atoms with van der Waals surface area (Å²) in [7, 11) is 0. The Morgan fingerprint density at radius 3 is 2.79 bits per heavy atom. The average molecular weight is 405 g/mol. The lowest BCUT2D eigenvalue weighted by Gasteiger charge is -2.20. The van der Waals surface area contributed by atoms with Crippen LogP contribution in [0.5, 0.6) is 23.0 Å². The van der Waals surface area contributed by atoms with Crippen molar-refractivity contribution in [3.63, 3.8) is 0 Å². The molecule has 0 bridgehead atoms. The maximum Gasteiger partial charge on any atom is 0.315 e. The predicted molar refractivity (Wildman–Crippen MR) is 104 cm³/mol. The van der Waals surface area contributed by atoms with Crippen molar-refractivity contribution < 1.29 is 23.7 Å². The van der Waals surface area contributed by atoms with Gasteiger partial charge in [-0.1, -0.05) is 17.7 Å². The van der Waals surface area contributed by atoms with Crippen molar-refractivity contribution in [1.82, 2.24) is 10.6 Å². The van der Waals surface area contributed by atoms with E-state index in [1.54, 1.807) is 0 Å². The molecule has 148 valence electrons. The summed E-state index contributed by atoms with van der Waals surface area (Å²) < 4.78 is 21.8. The first-order valence-electron chi connectivity index (χ1n) is 9.12. The van der Waals surface area contributed by atoms with Crippen molar-refractivity contribution in [1.29, 1.82) is 0 Å². The second-order valence-electron chi connectivity index (χ2n) is 6.59. The monoisotopic (exact) mass is 404 g/mol. The maximum absolute atomic E-state index is 12.2. The molecule has 2 amide bonds. The number of benzene rings is 2. The molecule has 0 radical (unpaired) electrons. The zero-order valence-electron chi connectivity index (χ0n) is 15.4. The molecule has 2 aliphatic heterocycles. The third-order valence-electron chi connectivity index (χ3n) is 4.60. The maximum atomic E-state index is 12.2. The van der Waals surface area contributed by atoms with E-state index in [9.17, 15) is 4.79 Å². The highest BCUT2D eigenvalue weighted by atomic mass is 35.5. The molecule has 0 saturated heterocycles. The molecule has 2 heterocycles. The van der Waals surface area contributed by atoms with E-state index in [1.165, 1.54) is 0 Å². The quantitative estimate of drug-likeness (QED) is 0.798. The third-order valence-corrected chi connectivity index (χ3v) is 4.88. The van der Waals surface area contributed by atoms with Crippen molar-refractivity contribution in [2.75, 3.05) is 26.6 Å². The van der Waals surface area contributed by atoms with Crippen molar-refractivity contribution in [3.8, 4) is 23.0 Å². The first-order chi connectivity index (χ1) is 13.6. The van der Waals surface area contributed by atoms with Crippen LogP contribution in [-0.4, -0.2) is 32.6 Å². The number of amides is 2. The molecule has 0 fully saturated rings. The van der Waals surface area contributed by atoms with Gasteiger partial charge in [-0.15, -0.1) is 0 Å². The van der Waals surface area contributed by atoms with E-state index in [4.69, 9.17) is 30.5 Å². The highest BCUT2D eigenvalue weighted by molar-refractivity contribution is 6.32. The van der Waals surface area contributed by atoms with Gasteiger partial charge >= 0.3 is 6.03 Å². The second kappa shape index (κ2) is 8.06. The minimum Gasteiger partial charge on any atom is -0.486 e. The molecule has 0 spiro atoms. The van der Waals surface area contributed by atoms with Gasteiger partial charge < -0.3 is 29.6 Å². The minimum atomic E-state index is -0.242. The van der Waals surface area contributed by atoms with E-state index < -0.39 is 0 Å². The Morgan fingerprint density at radius 2 is 1.89 bits per heavy atom. The van der Waals surface area contributed by atoms with Gasteiger partial charge in [-0.2, -0.15) is 0 Å². The molecule has 8 heteroatoms. The van der Waals surface area contributed by atoms with E-state index in [0.29, 0.717) is 48.5 Å². The van der Waals surface area contributed by atoms with Crippen LogP contribution in [0.1, 0.15) is 24.1 Å². The lowest BCUT2D eigenvalue weighted by Crippen LogP contribution is -2.38. The normalized spacial score (nSPS) is 15.1. The summed E-state index contributed by atoms with van der Waals surface area (Å²) in [5.41, 5.74) is 1.91. The van der Waals surface area contributed by atoms with Crippen LogP contribution in [-0.2, 0) is 6.42 Å². The zero-order valence-corrected chi connectivity index (χ0v) is 16.2. The van der Waals surface area contributed by atoms with Gasteiger partial charge in [-0.05, 0) is 48.7 Å². The molecule has 1 atom stereocenters. The number of carbonyl (C=O) groups is 1. The number of hydrogen-bond donors (Lipinski definition) is 2. The summed E-state index contributed by atoms with van der Waals surface area (Å²) in [4.78, 5) is 12.2. The molecular weight excluding hydrogens is 384 g/mol. The zero-order chi connectivity index (χ0) is 19.5. The average Bonchev–Trinajstić information content (AvgIpc) is 3.16. The summed E-state index contributed by atoms with van der Waals surface area (Å²) in [6.45, 7) is 3.61. The smallest absolute Gasteiger partial charge is 0.315 e. The SMILES string of the molecule is CC(NC(=O)NCCc1cc(Cl)c2c(c1)OCCO2)c1ccc2c(c1)OCO2. The number of ether oxygens (including phenoxy) is 4. The fourth-order valence-electron chi connectivity index (χ4n) is 3.14. The second-order valence-corrected chi connectivity index (χ2v) is 6.99. The van der Waals surface area contributed by atoms with Crippen LogP contribution < -0.4 is 29.6 Å². The van der Waals surface area contributed by atoms with E-state index in [0.717, 1.165) is 16.9 Å². The lowest BCUT2D eigenvalue weighted by molar-refractivity contribution is 0.171. The highest BCUT2D eigenvalue weighted by Crippen LogP contribution is 2.38. The Kier molecular flexibility index (Phi) is 5.34. The highest BCUT2D eigenvalue weighted by Gasteiger charge is 2.18. The van der Waals surface area contributed by atoms with Crippen LogP contribution in [0.25, 0.3) is 0 Å². The van der Waals surface area contributed by atoms with E-state index in [-0.39, 0.29) is 18.9 Å². The fraction of sp³-hybridized carbons (Fsp3) is 0.350. The molecule has 0 saturated carbocycles. The molecule has 0 aliphatic carbocycles. The summed E-state index contributed by atoms with van der Waals surface area (Å²) in [5, 5.41) is 6.30. The predicted octanol–water partition coefficient (Wildman–Crippen LogP) is 3.44. The molecule has 7 nitrogen and oxygen atoms in total. The lowest BCUT2D eigenvalue weighted by atomic mass is 10.1. The number of urea groups is 1. The first-order valence-corrected chi connectivity index (χ1v) is 9.50. The fourth-order valence-corrected chi connectivity index (χ4v) is 3.43.